The fourth-order valence-corrected chi connectivity index (χ4v) is 0.827. The van der Waals surface area contributed by atoms with E-state index >= 15 is 0 Å². The minimum absolute atomic E-state index is 0. The molecule has 0 radical (unpaired) electrons. The van der Waals surface area contributed by atoms with Crippen molar-refractivity contribution in [1.29, 1.82) is 0 Å². The van der Waals surface area contributed by atoms with Crippen molar-refractivity contribution in [2.45, 2.75) is 0 Å². The van der Waals surface area contributed by atoms with Crippen molar-refractivity contribution >= 4 is 23.2 Å². The van der Waals surface area contributed by atoms with E-state index in [0.29, 0.717) is 0 Å². The summed E-state index contributed by atoms with van der Waals surface area (Å²) < 4.78 is 37.1. The van der Waals surface area contributed by atoms with Gasteiger partial charge in [-0.15, -0.1) is 6.07 Å². The van der Waals surface area contributed by atoms with E-state index in [1.165, 1.54) is 6.07 Å². The van der Waals surface area contributed by atoms with Crippen LogP contribution in [0, 0.1) is 23.5 Å². The smallest absolute Gasteiger partial charge is 0.234 e. The van der Waals surface area contributed by atoms with E-state index in [0.717, 1.165) is 0 Å². The maximum atomic E-state index is 12.5. The Morgan fingerprint density at radius 3 is 1.58 bits per heavy atom. The predicted molar refractivity (Wildman–Crippen MR) is 35.2 cm³/mol. The zero-order valence-corrected chi connectivity index (χ0v) is 8.87. The molecular weight excluding hydrogens is 397 g/mol. The van der Waals surface area contributed by atoms with Crippen LogP contribution in [0.3, 0.4) is 0 Å². The number of hydrogen-bond acceptors (Lipinski definition) is 0. The van der Waals surface area contributed by atoms with Crippen molar-refractivity contribution in [3.8, 4) is 0 Å². The first-order valence-electron chi connectivity index (χ1n) is 2.44. The summed E-state index contributed by atoms with van der Waals surface area (Å²) >= 11 is 10.0. The summed E-state index contributed by atoms with van der Waals surface area (Å²) in [5.74, 6) is -3.88. The third kappa shape index (κ3) is 2.18. The molecule has 0 heterocycles. The van der Waals surface area contributed by atoms with Crippen molar-refractivity contribution in [2.75, 3.05) is 0 Å². The predicted octanol–water partition coefficient (Wildman–Crippen LogP) is 3.21. The van der Waals surface area contributed by atoms with Crippen LogP contribution in [0.5, 0.6) is 0 Å². The first-order chi connectivity index (χ1) is 5.04. The number of hydrogen-bond donors (Lipinski definition) is 0. The molecule has 0 aromatic heterocycles. The van der Waals surface area contributed by atoms with E-state index in [1.807, 2.05) is 0 Å². The quantitative estimate of drug-likeness (QED) is 0.273. The molecule has 0 bridgehead atoms. The van der Waals surface area contributed by atoms with Crippen LogP contribution in [-0.2, 0) is 22.4 Å². The Morgan fingerprint density at radius 2 is 1.25 bits per heavy atom. The van der Waals surface area contributed by atoms with Crippen LogP contribution < -0.4 is 0 Å². The van der Waals surface area contributed by atoms with E-state index in [-0.39, 0.29) is 22.4 Å². The van der Waals surface area contributed by atoms with Crippen LogP contribution in [0.25, 0.3) is 0 Å². The normalized spacial score (nSPS) is 9.42. The van der Waals surface area contributed by atoms with Gasteiger partial charge in [-0.3, -0.25) is 0 Å². The van der Waals surface area contributed by atoms with Gasteiger partial charge in [0.15, 0.2) is 0 Å². The fraction of sp³-hybridized carbons (Fsp3) is 0. The molecule has 0 N–H and O–H groups in total. The summed E-state index contributed by atoms with van der Waals surface area (Å²) in [6.45, 7) is 0. The average molecular weight is 397 g/mol. The van der Waals surface area contributed by atoms with Gasteiger partial charge in [-0.1, -0.05) is 0 Å². The van der Waals surface area contributed by atoms with Gasteiger partial charge in [0.2, 0.25) is 0 Å². The van der Waals surface area contributed by atoms with Gasteiger partial charge in [-0.05, 0) is 0 Å². The molecule has 70 valence electrons. The third-order valence-electron chi connectivity index (χ3n) is 0.990. The first kappa shape index (κ1) is 12.3. The van der Waals surface area contributed by atoms with Gasteiger partial charge >= 0.3 is 22.4 Å². The molecule has 0 fully saturated rings. The Labute approximate surface area is 92.2 Å². The van der Waals surface area contributed by atoms with E-state index < -0.39 is 27.5 Å². The summed E-state index contributed by atoms with van der Waals surface area (Å²) in [6.07, 6.45) is 0. The third-order valence-corrected chi connectivity index (χ3v) is 1.65. The van der Waals surface area contributed by atoms with Crippen LogP contribution in [0.1, 0.15) is 0 Å². The molecule has 0 aliphatic carbocycles. The monoisotopic (exact) mass is 396 g/mol. The zero-order chi connectivity index (χ0) is 8.59. The molecule has 0 spiro atoms. The summed E-state index contributed by atoms with van der Waals surface area (Å²) in [7, 11) is 0. The topological polar surface area (TPSA) is 0 Å². The maximum Gasteiger partial charge on any atom is 1.00 e. The Morgan fingerprint density at radius 1 is 0.917 bits per heavy atom. The molecule has 0 saturated heterocycles. The van der Waals surface area contributed by atoms with Crippen molar-refractivity contribution in [3.05, 3.63) is 33.6 Å². The standard InChI is InChI=1S/C6Cl2F3.Au/c7-4-2(9)1-3(10)5(8)6(4)11;/q-1;+1. The molecule has 0 aliphatic heterocycles. The molecule has 0 aliphatic rings. The molecule has 1 aromatic rings. The van der Waals surface area contributed by atoms with Gasteiger partial charge in [0.1, 0.15) is 0 Å². The second-order valence-corrected chi connectivity index (χ2v) is 2.45. The van der Waals surface area contributed by atoms with Gasteiger partial charge in [0.25, 0.3) is 0 Å². The minimum atomic E-state index is -1.30. The molecule has 1 rings (SSSR count). The summed E-state index contributed by atoms with van der Waals surface area (Å²) in [6, 6.07) is 1.51. The van der Waals surface area contributed by atoms with Gasteiger partial charge in [0, 0.05) is 21.7 Å². The molecule has 0 saturated carbocycles. The molecule has 0 nitrogen and oxygen atoms in total. The number of rotatable bonds is 0. The van der Waals surface area contributed by atoms with Gasteiger partial charge in [-0.25, -0.2) is 13.2 Å². The molecule has 0 atom stereocenters. The van der Waals surface area contributed by atoms with Crippen molar-refractivity contribution < 1.29 is 35.6 Å². The molecule has 12 heavy (non-hydrogen) atoms. The van der Waals surface area contributed by atoms with Crippen LogP contribution in [-0.4, -0.2) is 0 Å². The Bertz CT molecular complexity index is 277. The molecule has 1 aromatic carbocycles. The van der Waals surface area contributed by atoms with Crippen LogP contribution in [0.4, 0.5) is 13.2 Å². The van der Waals surface area contributed by atoms with Crippen molar-refractivity contribution in [2.24, 2.45) is 0 Å². The average Bonchev–Trinajstić information content (AvgIpc) is 1.97. The van der Waals surface area contributed by atoms with E-state index in [4.69, 9.17) is 23.2 Å². The molecule has 6 heteroatoms. The second-order valence-electron chi connectivity index (χ2n) is 1.69. The van der Waals surface area contributed by atoms with Crippen molar-refractivity contribution in [1.82, 2.24) is 0 Å². The SMILES string of the molecule is Fc1[c-]c(F)c(Cl)c(F)c1Cl.[Au+]. The fourth-order valence-electron chi connectivity index (χ4n) is 0.495. The Kier molecular flexibility index (Phi) is 4.66. The summed E-state index contributed by atoms with van der Waals surface area (Å²) in [5.41, 5.74) is 0. The minimum Gasteiger partial charge on any atom is -0.234 e. The summed E-state index contributed by atoms with van der Waals surface area (Å²) in [4.78, 5) is 0. The zero-order valence-electron chi connectivity index (χ0n) is 5.19. The second kappa shape index (κ2) is 4.53. The van der Waals surface area contributed by atoms with E-state index in [2.05, 4.69) is 0 Å². The number of benzene rings is 1. The van der Waals surface area contributed by atoms with Crippen LogP contribution >= 0.6 is 23.2 Å². The van der Waals surface area contributed by atoms with Crippen LogP contribution in [0.2, 0.25) is 10.0 Å². The maximum absolute atomic E-state index is 12.5. The van der Waals surface area contributed by atoms with Crippen molar-refractivity contribution in [3.63, 3.8) is 0 Å². The Hall–Kier alpha value is 0.330. The first-order valence-corrected chi connectivity index (χ1v) is 3.20. The molecular formula is C6AuCl2F3. The van der Waals surface area contributed by atoms with Crippen LogP contribution in [0.15, 0.2) is 0 Å². The van der Waals surface area contributed by atoms with Gasteiger partial charge < -0.3 is 0 Å². The largest absolute Gasteiger partial charge is 1.00 e. The van der Waals surface area contributed by atoms with E-state index in [1.54, 1.807) is 0 Å². The summed E-state index contributed by atoms with van der Waals surface area (Å²) in [5, 5.41) is -1.70. The Balaban J connectivity index is 0.00000121. The molecule has 0 amide bonds. The van der Waals surface area contributed by atoms with E-state index in [9.17, 15) is 13.2 Å². The van der Waals surface area contributed by atoms with Gasteiger partial charge in [-0.2, -0.15) is 23.2 Å². The van der Waals surface area contributed by atoms with Gasteiger partial charge in [0.05, 0.1) is 5.82 Å². The molecule has 0 unspecified atom stereocenters. The number of halogens is 5.